The highest BCUT2D eigenvalue weighted by Crippen LogP contribution is 2.30. The van der Waals surface area contributed by atoms with Crippen LogP contribution >= 0.6 is 0 Å². The van der Waals surface area contributed by atoms with Crippen LogP contribution < -0.4 is 4.90 Å². The molecule has 7 nitrogen and oxygen atoms in total. The van der Waals surface area contributed by atoms with Gasteiger partial charge in [-0.2, -0.15) is 4.98 Å². The van der Waals surface area contributed by atoms with Crippen molar-refractivity contribution in [3.63, 3.8) is 0 Å². The zero-order valence-electron chi connectivity index (χ0n) is 12.3. The Labute approximate surface area is 118 Å². The Hall–Kier alpha value is -1.18. The Morgan fingerprint density at radius 2 is 2.30 bits per heavy atom. The van der Waals surface area contributed by atoms with Crippen molar-refractivity contribution in [1.29, 1.82) is 0 Å². The SMILES string of the molecule is CC1CN(Cc2nc(N(C)C)no2)CC2(CCOC2)O1. The van der Waals surface area contributed by atoms with Gasteiger partial charge in [-0.15, -0.1) is 0 Å². The Balaban J connectivity index is 1.66. The van der Waals surface area contributed by atoms with E-state index in [1.165, 1.54) is 0 Å². The average Bonchev–Trinajstić information content (AvgIpc) is 2.98. The molecule has 2 aliphatic rings. The van der Waals surface area contributed by atoms with Gasteiger partial charge in [-0.3, -0.25) is 4.90 Å². The Bertz CT molecular complexity index is 456. The second-order valence-corrected chi connectivity index (χ2v) is 5.97. The van der Waals surface area contributed by atoms with Crippen molar-refractivity contribution in [1.82, 2.24) is 15.0 Å². The van der Waals surface area contributed by atoms with Gasteiger partial charge in [0.15, 0.2) is 0 Å². The van der Waals surface area contributed by atoms with Gasteiger partial charge in [-0.05, 0) is 12.1 Å². The van der Waals surface area contributed by atoms with E-state index < -0.39 is 0 Å². The van der Waals surface area contributed by atoms with Gasteiger partial charge < -0.3 is 18.9 Å². The van der Waals surface area contributed by atoms with E-state index in [4.69, 9.17) is 14.0 Å². The third-order valence-corrected chi connectivity index (χ3v) is 3.76. The van der Waals surface area contributed by atoms with Crippen molar-refractivity contribution in [2.24, 2.45) is 0 Å². The number of morpholine rings is 1. The van der Waals surface area contributed by atoms with Crippen LogP contribution in [-0.4, -0.2) is 67.1 Å². The van der Waals surface area contributed by atoms with Crippen molar-refractivity contribution >= 4 is 5.95 Å². The molecule has 3 heterocycles. The first-order valence-electron chi connectivity index (χ1n) is 7.04. The zero-order valence-corrected chi connectivity index (χ0v) is 12.3. The van der Waals surface area contributed by atoms with Gasteiger partial charge in [-0.25, -0.2) is 0 Å². The molecular formula is C13H22N4O3. The predicted octanol–water partition coefficient (Wildman–Crippen LogP) is 0.515. The molecule has 0 saturated carbocycles. The second-order valence-electron chi connectivity index (χ2n) is 5.97. The van der Waals surface area contributed by atoms with Crippen LogP contribution in [0.5, 0.6) is 0 Å². The summed E-state index contributed by atoms with van der Waals surface area (Å²) in [6.45, 7) is 5.96. The number of hydrogen-bond donors (Lipinski definition) is 0. The van der Waals surface area contributed by atoms with E-state index in [-0.39, 0.29) is 11.7 Å². The molecule has 7 heteroatoms. The van der Waals surface area contributed by atoms with Crippen molar-refractivity contribution in [3.05, 3.63) is 5.89 Å². The van der Waals surface area contributed by atoms with Crippen molar-refractivity contribution < 1.29 is 14.0 Å². The third-order valence-electron chi connectivity index (χ3n) is 3.76. The Kier molecular flexibility index (Phi) is 3.66. The van der Waals surface area contributed by atoms with Gasteiger partial charge in [0.05, 0.1) is 19.3 Å². The monoisotopic (exact) mass is 282 g/mol. The number of nitrogens with zero attached hydrogens (tertiary/aromatic N) is 4. The molecule has 0 amide bonds. The molecule has 0 bridgehead atoms. The van der Waals surface area contributed by atoms with Crippen LogP contribution in [0.2, 0.25) is 0 Å². The van der Waals surface area contributed by atoms with Crippen LogP contribution in [0, 0.1) is 0 Å². The summed E-state index contributed by atoms with van der Waals surface area (Å²) in [7, 11) is 3.80. The molecule has 1 aromatic rings. The summed E-state index contributed by atoms with van der Waals surface area (Å²) in [5.74, 6) is 1.26. The van der Waals surface area contributed by atoms with Gasteiger partial charge in [0.2, 0.25) is 5.89 Å². The molecule has 1 aromatic heterocycles. The van der Waals surface area contributed by atoms with E-state index in [9.17, 15) is 0 Å². The molecule has 2 fully saturated rings. The second kappa shape index (κ2) is 5.31. The molecule has 2 unspecified atom stereocenters. The number of rotatable bonds is 3. The van der Waals surface area contributed by atoms with Gasteiger partial charge in [0.25, 0.3) is 5.95 Å². The molecule has 1 spiro atoms. The largest absolute Gasteiger partial charge is 0.378 e. The molecule has 112 valence electrons. The van der Waals surface area contributed by atoms with Crippen LogP contribution in [0.1, 0.15) is 19.2 Å². The van der Waals surface area contributed by atoms with Crippen LogP contribution in [0.4, 0.5) is 5.95 Å². The summed E-state index contributed by atoms with van der Waals surface area (Å²) in [5.41, 5.74) is -0.151. The molecule has 0 N–H and O–H groups in total. The number of hydrogen-bond acceptors (Lipinski definition) is 7. The number of ether oxygens (including phenoxy) is 2. The number of aromatic nitrogens is 2. The molecule has 0 aromatic carbocycles. The fraction of sp³-hybridized carbons (Fsp3) is 0.846. The normalized spacial score (nSPS) is 31.1. The predicted molar refractivity (Wildman–Crippen MR) is 72.6 cm³/mol. The van der Waals surface area contributed by atoms with Crippen molar-refractivity contribution in [2.45, 2.75) is 31.6 Å². The molecule has 2 atom stereocenters. The lowest BCUT2D eigenvalue weighted by Gasteiger charge is -2.42. The Morgan fingerprint density at radius 3 is 2.95 bits per heavy atom. The maximum absolute atomic E-state index is 6.10. The van der Waals surface area contributed by atoms with E-state index in [0.717, 1.165) is 26.1 Å². The van der Waals surface area contributed by atoms with Gasteiger partial charge in [0, 0.05) is 40.2 Å². The highest BCUT2D eigenvalue weighted by atomic mass is 16.6. The highest BCUT2D eigenvalue weighted by Gasteiger charge is 2.42. The molecular weight excluding hydrogens is 260 g/mol. The van der Waals surface area contributed by atoms with E-state index in [0.29, 0.717) is 25.0 Å². The summed E-state index contributed by atoms with van der Waals surface area (Å²) in [6, 6.07) is 0. The van der Waals surface area contributed by atoms with Crippen molar-refractivity contribution in [2.75, 3.05) is 45.3 Å². The summed E-state index contributed by atoms with van der Waals surface area (Å²) < 4.78 is 16.9. The molecule has 0 radical (unpaired) electrons. The maximum atomic E-state index is 6.10. The average molecular weight is 282 g/mol. The molecule has 2 aliphatic heterocycles. The lowest BCUT2D eigenvalue weighted by Crippen LogP contribution is -2.55. The summed E-state index contributed by atoms with van der Waals surface area (Å²) >= 11 is 0. The lowest BCUT2D eigenvalue weighted by molar-refractivity contribution is -0.150. The minimum absolute atomic E-state index is 0.151. The third kappa shape index (κ3) is 2.79. The fourth-order valence-electron chi connectivity index (χ4n) is 2.95. The quantitative estimate of drug-likeness (QED) is 0.800. The van der Waals surface area contributed by atoms with Crippen LogP contribution in [-0.2, 0) is 16.0 Å². The molecule has 0 aliphatic carbocycles. The summed E-state index contributed by atoms with van der Waals surface area (Å²) in [4.78, 5) is 8.53. The standard InChI is InChI=1S/C13H22N4O3/c1-10-6-17(8-13(19-10)4-5-18-9-13)7-11-14-12(15-20-11)16(2)3/h10H,4-9H2,1-3H3. The fourth-order valence-corrected chi connectivity index (χ4v) is 2.95. The van der Waals surface area contributed by atoms with Crippen molar-refractivity contribution in [3.8, 4) is 0 Å². The van der Waals surface area contributed by atoms with E-state index >= 15 is 0 Å². The Morgan fingerprint density at radius 1 is 1.45 bits per heavy atom. The minimum atomic E-state index is -0.151. The first-order chi connectivity index (χ1) is 9.56. The van der Waals surface area contributed by atoms with E-state index in [2.05, 4.69) is 22.0 Å². The van der Waals surface area contributed by atoms with Crippen LogP contribution in [0.15, 0.2) is 4.52 Å². The van der Waals surface area contributed by atoms with Gasteiger partial charge in [-0.1, -0.05) is 0 Å². The smallest absolute Gasteiger partial charge is 0.265 e. The first-order valence-corrected chi connectivity index (χ1v) is 7.04. The molecule has 20 heavy (non-hydrogen) atoms. The lowest BCUT2D eigenvalue weighted by atomic mass is 9.99. The highest BCUT2D eigenvalue weighted by molar-refractivity contribution is 5.23. The number of anilines is 1. The zero-order chi connectivity index (χ0) is 14.2. The van der Waals surface area contributed by atoms with Crippen LogP contribution in [0.3, 0.4) is 0 Å². The van der Waals surface area contributed by atoms with Crippen LogP contribution in [0.25, 0.3) is 0 Å². The summed E-state index contributed by atoms with van der Waals surface area (Å²) in [5, 5.41) is 3.95. The molecule has 2 saturated heterocycles. The first kappa shape index (κ1) is 13.8. The van der Waals surface area contributed by atoms with E-state index in [1.807, 2.05) is 19.0 Å². The van der Waals surface area contributed by atoms with E-state index in [1.54, 1.807) is 0 Å². The van der Waals surface area contributed by atoms with Gasteiger partial charge >= 0.3 is 0 Å². The van der Waals surface area contributed by atoms with Gasteiger partial charge in [0.1, 0.15) is 5.60 Å². The molecule has 3 rings (SSSR count). The maximum Gasteiger partial charge on any atom is 0.265 e. The summed E-state index contributed by atoms with van der Waals surface area (Å²) in [6.07, 6.45) is 1.15. The minimum Gasteiger partial charge on any atom is -0.378 e. The topological polar surface area (TPSA) is 63.9 Å².